The summed E-state index contributed by atoms with van der Waals surface area (Å²) in [6.07, 6.45) is 6.31. The number of primary amides is 1. The van der Waals surface area contributed by atoms with Crippen molar-refractivity contribution in [2.24, 2.45) is 11.1 Å². The average molecular weight is 407 g/mol. The van der Waals surface area contributed by atoms with E-state index < -0.39 is 24.1 Å². The number of amidine groups is 1. The maximum Gasteiger partial charge on any atom is 0.285 e. The number of rotatable bonds is 5. The Balaban J connectivity index is 0.000000295. The summed E-state index contributed by atoms with van der Waals surface area (Å²) >= 11 is -0.484. The predicted octanol–water partition coefficient (Wildman–Crippen LogP) is 4.32. The molecular formula is C20H27FN4O2S. The molecule has 8 heteroatoms. The summed E-state index contributed by atoms with van der Waals surface area (Å²) in [5, 5.41) is 10.2. The highest BCUT2D eigenvalue weighted by atomic mass is 32.2. The van der Waals surface area contributed by atoms with Crippen molar-refractivity contribution in [2.45, 2.75) is 33.1 Å². The Morgan fingerprint density at radius 3 is 2.54 bits per heavy atom. The third-order valence-corrected chi connectivity index (χ3v) is 4.97. The minimum Gasteiger partial charge on any atom is -0.388 e. The molecule has 0 fully saturated rings. The molecule has 0 bridgehead atoms. The lowest BCUT2D eigenvalue weighted by atomic mass is 9.77. The maximum absolute atomic E-state index is 12.0. The largest absolute Gasteiger partial charge is 0.388 e. The number of benzene rings is 1. The number of carbonyl (C=O) groups is 2. The average Bonchev–Trinajstić information content (AvgIpc) is 2.68. The minimum atomic E-state index is -1.14. The van der Waals surface area contributed by atoms with Gasteiger partial charge >= 0.3 is 0 Å². The molecule has 28 heavy (non-hydrogen) atoms. The van der Waals surface area contributed by atoms with E-state index in [0.717, 1.165) is 0 Å². The summed E-state index contributed by atoms with van der Waals surface area (Å²) in [5.74, 6) is -1.97. The molecule has 0 aliphatic heterocycles. The van der Waals surface area contributed by atoms with Crippen molar-refractivity contribution in [3.05, 3.63) is 48.2 Å². The van der Waals surface area contributed by atoms with Crippen LogP contribution in [0.2, 0.25) is 0 Å². The molecule has 0 aromatic heterocycles. The number of hydrogen-bond acceptors (Lipinski definition) is 5. The summed E-state index contributed by atoms with van der Waals surface area (Å²) in [5.41, 5.74) is 8.92. The molecule has 1 aromatic rings. The molecule has 6 nitrogen and oxygen atoms in total. The number of nitrogens with one attached hydrogen (secondary N) is 2. The SMILES string of the molecule is C=C(C=O)N(SF)C(=N)C(N)=O.CNc1ccccc1C1=CCC(C)(C)CC1. The summed E-state index contributed by atoms with van der Waals surface area (Å²) < 4.78 is 12.4. The highest BCUT2D eigenvalue weighted by Gasteiger charge is 2.22. The van der Waals surface area contributed by atoms with Crippen LogP contribution >= 0.6 is 12.3 Å². The van der Waals surface area contributed by atoms with Gasteiger partial charge < -0.3 is 11.1 Å². The van der Waals surface area contributed by atoms with Crippen molar-refractivity contribution in [2.75, 3.05) is 12.4 Å². The number of aldehydes is 1. The van der Waals surface area contributed by atoms with Gasteiger partial charge in [-0.2, -0.15) is 0 Å². The van der Waals surface area contributed by atoms with Gasteiger partial charge in [0.25, 0.3) is 5.91 Å². The molecule has 1 aliphatic rings. The zero-order chi connectivity index (χ0) is 21.3. The Morgan fingerprint density at radius 1 is 1.43 bits per heavy atom. The highest BCUT2D eigenvalue weighted by molar-refractivity contribution is 7.92. The molecule has 0 radical (unpaired) electrons. The van der Waals surface area contributed by atoms with Gasteiger partial charge in [0.2, 0.25) is 5.84 Å². The standard InChI is InChI=1S/C15H21N.C5H6FN3O2S/c1-15(2)10-8-12(9-11-15)13-6-4-5-7-14(13)16-3;1-3(2-10)9(12-6)4(7)5(8)11/h4-8,16H,9-11H2,1-3H3;2,7H,1H2,(H2,8,11). The second kappa shape index (κ2) is 10.7. The van der Waals surface area contributed by atoms with Crippen LogP contribution in [0.15, 0.2) is 42.6 Å². The Kier molecular flexibility index (Phi) is 8.91. The first-order valence-corrected chi connectivity index (χ1v) is 9.41. The van der Waals surface area contributed by atoms with Crippen LogP contribution in [0.25, 0.3) is 5.57 Å². The number of para-hydroxylation sites is 1. The fourth-order valence-electron chi connectivity index (χ4n) is 2.67. The Morgan fingerprint density at radius 2 is 2.07 bits per heavy atom. The van der Waals surface area contributed by atoms with Gasteiger partial charge in [0, 0.05) is 18.3 Å². The predicted molar refractivity (Wildman–Crippen MR) is 114 cm³/mol. The van der Waals surface area contributed by atoms with E-state index in [-0.39, 0.29) is 12.0 Å². The quantitative estimate of drug-likeness (QED) is 0.222. The molecule has 0 atom stereocenters. The number of allylic oxidation sites excluding steroid dienone is 3. The van der Waals surface area contributed by atoms with Crippen LogP contribution < -0.4 is 11.1 Å². The topological polar surface area (TPSA) is 99.3 Å². The van der Waals surface area contributed by atoms with E-state index in [4.69, 9.17) is 5.41 Å². The zero-order valence-electron chi connectivity index (χ0n) is 16.4. The van der Waals surface area contributed by atoms with Gasteiger partial charge in [-0.25, -0.2) is 4.31 Å². The van der Waals surface area contributed by atoms with E-state index in [2.05, 4.69) is 61.8 Å². The molecule has 1 aliphatic carbocycles. The van der Waals surface area contributed by atoms with Crippen molar-refractivity contribution in [1.82, 2.24) is 4.31 Å². The number of halogens is 1. The van der Waals surface area contributed by atoms with Gasteiger partial charge in [-0.05, 0) is 36.3 Å². The smallest absolute Gasteiger partial charge is 0.285 e. The van der Waals surface area contributed by atoms with Gasteiger partial charge in [0.05, 0.1) is 5.70 Å². The summed E-state index contributed by atoms with van der Waals surface area (Å²) in [6, 6.07) is 8.57. The van der Waals surface area contributed by atoms with Crippen LogP contribution in [-0.4, -0.2) is 29.4 Å². The van der Waals surface area contributed by atoms with Crippen molar-refractivity contribution in [1.29, 1.82) is 5.41 Å². The number of carbonyl (C=O) groups excluding carboxylic acids is 2. The molecule has 0 unspecified atom stereocenters. The number of nitrogens with zero attached hydrogens (tertiary/aromatic N) is 1. The molecular weight excluding hydrogens is 379 g/mol. The number of hydrogen-bond donors (Lipinski definition) is 3. The lowest BCUT2D eigenvalue weighted by Crippen LogP contribution is -2.34. The fraction of sp³-hybridized carbons (Fsp3) is 0.350. The van der Waals surface area contributed by atoms with Crippen LogP contribution in [0.4, 0.5) is 9.57 Å². The van der Waals surface area contributed by atoms with Crippen molar-refractivity contribution >= 4 is 41.6 Å². The maximum atomic E-state index is 12.0. The van der Waals surface area contributed by atoms with Gasteiger partial charge in [-0.1, -0.05) is 44.7 Å². The Hall–Kier alpha value is -2.61. The van der Waals surface area contributed by atoms with E-state index in [0.29, 0.717) is 9.72 Å². The number of amides is 1. The fourth-order valence-corrected chi connectivity index (χ4v) is 2.96. The molecule has 0 spiro atoms. The van der Waals surface area contributed by atoms with E-state index in [1.165, 1.54) is 36.1 Å². The van der Waals surface area contributed by atoms with Gasteiger partial charge in [-0.3, -0.25) is 15.0 Å². The molecule has 0 saturated heterocycles. The second-order valence-electron chi connectivity index (χ2n) is 7.08. The van der Waals surface area contributed by atoms with Gasteiger partial charge in [-0.15, -0.1) is 3.89 Å². The molecule has 0 heterocycles. The zero-order valence-corrected chi connectivity index (χ0v) is 17.2. The molecule has 1 amide bonds. The van der Waals surface area contributed by atoms with Crippen LogP contribution in [0.1, 0.15) is 38.7 Å². The summed E-state index contributed by atoms with van der Waals surface area (Å²) in [4.78, 5) is 20.4. The summed E-state index contributed by atoms with van der Waals surface area (Å²) in [6.45, 7) is 7.80. The monoisotopic (exact) mass is 406 g/mol. The lowest BCUT2D eigenvalue weighted by Gasteiger charge is -2.29. The van der Waals surface area contributed by atoms with Crippen LogP contribution in [0, 0.1) is 10.8 Å². The van der Waals surface area contributed by atoms with E-state index >= 15 is 0 Å². The lowest BCUT2D eigenvalue weighted by molar-refractivity contribution is -0.112. The molecule has 1 aromatic carbocycles. The first-order valence-electron chi connectivity index (χ1n) is 8.74. The molecule has 2 rings (SSSR count). The van der Waals surface area contributed by atoms with E-state index in [1.807, 2.05) is 7.05 Å². The first kappa shape index (κ1) is 23.4. The van der Waals surface area contributed by atoms with Gasteiger partial charge in [0.1, 0.15) is 0 Å². The van der Waals surface area contributed by atoms with Crippen LogP contribution in [0.3, 0.4) is 0 Å². The van der Waals surface area contributed by atoms with Crippen molar-refractivity contribution < 1.29 is 13.5 Å². The van der Waals surface area contributed by atoms with Crippen molar-refractivity contribution in [3.63, 3.8) is 0 Å². The van der Waals surface area contributed by atoms with E-state index in [1.54, 1.807) is 0 Å². The normalized spacial score (nSPS) is 14.6. The third kappa shape index (κ3) is 6.53. The van der Waals surface area contributed by atoms with Crippen molar-refractivity contribution in [3.8, 4) is 0 Å². The number of anilines is 1. The Bertz CT molecular complexity index is 777. The second-order valence-corrected chi connectivity index (χ2v) is 7.58. The molecule has 4 N–H and O–H groups in total. The molecule has 152 valence electrons. The van der Waals surface area contributed by atoms with Crippen LogP contribution in [0.5, 0.6) is 0 Å². The molecule has 0 saturated carbocycles. The van der Waals surface area contributed by atoms with Crippen LogP contribution in [-0.2, 0) is 9.59 Å². The minimum absolute atomic E-state index is 0.212. The first-order chi connectivity index (χ1) is 13.2. The van der Waals surface area contributed by atoms with Gasteiger partial charge in [0.15, 0.2) is 18.6 Å². The highest BCUT2D eigenvalue weighted by Crippen LogP contribution is 2.39. The summed E-state index contributed by atoms with van der Waals surface area (Å²) in [7, 11) is 1.99. The Labute approximate surface area is 170 Å². The van der Waals surface area contributed by atoms with E-state index in [9.17, 15) is 13.5 Å². The third-order valence-electron chi connectivity index (χ3n) is 4.42. The number of nitrogens with two attached hydrogens (primary N) is 1.